The SMILES string of the molecule is Fc1cc(OCOCC2CO2)ccc1C#Cc1ccc(C2CCC(OCOCC3CO3)CC2)cc1. The Kier molecular flexibility index (Phi) is 8.29. The van der Waals surface area contributed by atoms with Gasteiger partial charge in [0.25, 0.3) is 0 Å². The summed E-state index contributed by atoms with van der Waals surface area (Å²) in [4.78, 5) is 0. The smallest absolute Gasteiger partial charge is 0.189 e. The highest BCUT2D eigenvalue weighted by Crippen LogP contribution is 2.34. The number of rotatable bonds is 11. The van der Waals surface area contributed by atoms with Gasteiger partial charge in [-0.15, -0.1) is 0 Å². The fraction of sp³-hybridized carbons (Fsp3) is 0.500. The number of hydrogen-bond donors (Lipinski definition) is 0. The average Bonchev–Trinajstić information content (AvgIpc) is 3.81. The predicted octanol–water partition coefficient (Wildman–Crippen LogP) is 4.39. The lowest BCUT2D eigenvalue weighted by atomic mass is 9.82. The summed E-state index contributed by atoms with van der Waals surface area (Å²) in [6, 6.07) is 12.9. The van der Waals surface area contributed by atoms with Gasteiger partial charge in [0.1, 0.15) is 30.6 Å². The van der Waals surface area contributed by atoms with Crippen LogP contribution in [0.4, 0.5) is 4.39 Å². The van der Waals surface area contributed by atoms with Crippen LogP contribution >= 0.6 is 0 Å². The summed E-state index contributed by atoms with van der Waals surface area (Å²) in [6.45, 7) is 3.08. The van der Waals surface area contributed by atoms with Crippen molar-refractivity contribution in [2.45, 2.75) is 49.9 Å². The van der Waals surface area contributed by atoms with Gasteiger partial charge >= 0.3 is 0 Å². The molecule has 0 amide bonds. The van der Waals surface area contributed by atoms with Crippen molar-refractivity contribution in [2.75, 3.05) is 40.0 Å². The van der Waals surface area contributed by atoms with Crippen LogP contribution in [-0.4, -0.2) is 58.3 Å². The highest BCUT2D eigenvalue weighted by atomic mass is 19.1. The number of hydrogen-bond acceptors (Lipinski definition) is 6. The van der Waals surface area contributed by atoms with Gasteiger partial charge in [-0.1, -0.05) is 24.0 Å². The second kappa shape index (κ2) is 12.0. The highest BCUT2D eigenvalue weighted by Gasteiger charge is 2.25. The molecule has 1 saturated carbocycles. The molecule has 2 aromatic rings. The molecular formula is C28H31FO6. The Morgan fingerprint density at radius 3 is 2.17 bits per heavy atom. The summed E-state index contributed by atoms with van der Waals surface area (Å²) in [5, 5.41) is 0. The Morgan fingerprint density at radius 2 is 1.51 bits per heavy atom. The second-order valence-corrected chi connectivity index (χ2v) is 9.19. The van der Waals surface area contributed by atoms with Crippen molar-refractivity contribution in [3.8, 4) is 17.6 Å². The molecule has 2 unspecified atom stereocenters. The van der Waals surface area contributed by atoms with E-state index in [9.17, 15) is 4.39 Å². The van der Waals surface area contributed by atoms with Crippen LogP contribution in [0.15, 0.2) is 42.5 Å². The fourth-order valence-electron chi connectivity index (χ4n) is 4.17. The van der Waals surface area contributed by atoms with Crippen LogP contribution in [0, 0.1) is 17.7 Å². The first-order valence-electron chi connectivity index (χ1n) is 12.3. The molecule has 0 N–H and O–H groups in total. The van der Waals surface area contributed by atoms with Crippen LogP contribution in [0.25, 0.3) is 0 Å². The largest absolute Gasteiger partial charge is 0.467 e. The summed E-state index contributed by atoms with van der Waals surface area (Å²) in [5.74, 6) is 6.51. The minimum atomic E-state index is -0.414. The van der Waals surface area contributed by atoms with E-state index < -0.39 is 5.82 Å². The van der Waals surface area contributed by atoms with E-state index in [1.807, 2.05) is 12.1 Å². The third-order valence-corrected chi connectivity index (χ3v) is 6.45. The molecule has 3 aliphatic rings. The zero-order chi connectivity index (χ0) is 23.9. The molecule has 0 radical (unpaired) electrons. The van der Waals surface area contributed by atoms with Gasteiger partial charge in [0.05, 0.1) is 38.1 Å². The molecule has 0 aromatic heterocycles. The standard InChI is InChI=1S/C28H31FO6/c29-28-13-25(35-19-31-15-27-17-33-27)12-9-23(28)6-3-20-1-4-21(5-2-20)22-7-10-24(11-8-22)34-18-30-14-26-16-32-26/h1-2,4-5,9,12-13,22,24,26-27H,7-8,10-11,14-19H2. The van der Waals surface area contributed by atoms with Gasteiger partial charge < -0.3 is 28.4 Å². The first-order valence-corrected chi connectivity index (χ1v) is 12.3. The van der Waals surface area contributed by atoms with Crippen molar-refractivity contribution in [1.29, 1.82) is 0 Å². The minimum absolute atomic E-state index is 0.0655. The topological polar surface area (TPSA) is 62.0 Å². The van der Waals surface area contributed by atoms with E-state index in [0.717, 1.165) is 44.5 Å². The van der Waals surface area contributed by atoms with E-state index in [1.54, 1.807) is 12.1 Å². The maximum Gasteiger partial charge on any atom is 0.189 e. The number of epoxide rings is 2. The third-order valence-electron chi connectivity index (χ3n) is 6.45. The second-order valence-electron chi connectivity index (χ2n) is 9.19. The van der Waals surface area contributed by atoms with E-state index in [4.69, 9.17) is 28.4 Å². The number of halogens is 1. The monoisotopic (exact) mass is 482 g/mol. The molecular weight excluding hydrogens is 451 g/mol. The van der Waals surface area contributed by atoms with Gasteiger partial charge in [-0.2, -0.15) is 0 Å². The summed E-state index contributed by atoms with van der Waals surface area (Å²) in [7, 11) is 0. The number of benzene rings is 2. The maximum atomic E-state index is 14.4. The Balaban J connectivity index is 1.06. The molecule has 2 aliphatic heterocycles. The average molecular weight is 483 g/mol. The van der Waals surface area contributed by atoms with Crippen molar-refractivity contribution in [3.05, 3.63) is 65.0 Å². The lowest BCUT2D eigenvalue weighted by Crippen LogP contribution is -2.22. The fourth-order valence-corrected chi connectivity index (χ4v) is 4.17. The molecule has 2 atom stereocenters. The zero-order valence-corrected chi connectivity index (χ0v) is 19.7. The van der Waals surface area contributed by atoms with Crippen LogP contribution in [0.1, 0.15) is 48.3 Å². The quantitative estimate of drug-likeness (QED) is 0.205. The summed E-state index contributed by atoms with van der Waals surface area (Å²) in [5.41, 5.74) is 2.51. The summed E-state index contributed by atoms with van der Waals surface area (Å²) in [6.07, 6.45) is 4.99. The van der Waals surface area contributed by atoms with Crippen molar-refractivity contribution < 1.29 is 32.8 Å². The Bertz CT molecular complexity index is 1010. The highest BCUT2D eigenvalue weighted by molar-refractivity contribution is 5.45. The van der Waals surface area contributed by atoms with Crippen molar-refractivity contribution in [2.24, 2.45) is 0 Å². The lowest BCUT2D eigenvalue weighted by Gasteiger charge is -2.28. The minimum Gasteiger partial charge on any atom is -0.467 e. The molecule has 2 heterocycles. The van der Waals surface area contributed by atoms with Crippen LogP contribution < -0.4 is 4.74 Å². The summed E-state index contributed by atoms with van der Waals surface area (Å²) >= 11 is 0. The molecule has 186 valence electrons. The van der Waals surface area contributed by atoms with Crippen molar-refractivity contribution in [3.63, 3.8) is 0 Å². The van der Waals surface area contributed by atoms with E-state index in [1.165, 1.54) is 11.6 Å². The molecule has 6 nitrogen and oxygen atoms in total. The Morgan fingerprint density at radius 1 is 0.829 bits per heavy atom. The molecule has 7 heteroatoms. The molecule has 3 fully saturated rings. The molecule has 0 bridgehead atoms. The predicted molar refractivity (Wildman–Crippen MR) is 127 cm³/mol. The van der Waals surface area contributed by atoms with Crippen molar-refractivity contribution in [1.82, 2.24) is 0 Å². The normalized spacial score (nSPS) is 24.9. The first-order chi connectivity index (χ1) is 17.2. The van der Waals surface area contributed by atoms with Gasteiger partial charge in [-0.25, -0.2) is 4.39 Å². The van der Waals surface area contributed by atoms with E-state index in [-0.39, 0.29) is 25.1 Å². The maximum absolute atomic E-state index is 14.4. The van der Waals surface area contributed by atoms with E-state index in [2.05, 4.69) is 24.0 Å². The van der Waals surface area contributed by atoms with Gasteiger partial charge in [0.2, 0.25) is 0 Å². The van der Waals surface area contributed by atoms with Gasteiger partial charge in [-0.3, -0.25) is 0 Å². The first kappa shape index (κ1) is 24.2. The third kappa shape index (κ3) is 7.76. The molecule has 2 aromatic carbocycles. The molecule has 2 saturated heterocycles. The zero-order valence-electron chi connectivity index (χ0n) is 19.7. The summed E-state index contributed by atoms with van der Waals surface area (Å²) < 4.78 is 46.6. The molecule has 5 rings (SSSR count). The molecule has 35 heavy (non-hydrogen) atoms. The molecule has 0 spiro atoms. The van der Waals surface area contributed by atoms with Crippen molar-refractivity contribution >= 4 is 0 Å². The van der Waals surface area contributed by atoms with E-state index >= 15 is 0 Å². The van der Waals surface area contributed by atoms with Crippen LogP contribution in [0.5, 0.6) is 5.75 Å². The van der Waals surface area contributed by atoms with E-state index in [0.29, 0.717) is 37.2 Å². The Labute approximate surface area is 205 Å². The Hall–Kier alpha value is -2.47. The van der Waals surface area contributed by atoms with Gasteiger partial charge in [0.15, 0.2) is 6.79 Å². The lowest BCUT2D eigenvalue weighted by molar-refractivity contribution is -0.102. The van der Waals surface area contributed by atoms with Crippen LogP contribution in [-0.2, 0) is 23.7 Å². The number of ether oxygens (including phenoxy) is 6. The molecule has 1 aliphatic carbocycles. The van der Waals surface area contributed by atoms with Crippen LogP contribution in [0.2, 0.25) is 0 Å². The van der Waals surface area contributed by atoms with Gasteiger partial charge in [0, 0.05) is 11.6 Å². The van der Waals surface area contributed by atoms with Gasteiger partial charge in [-0.05, 0) is 61.4 Å². The van der Waals surface area contributed by atoms with Crippen LogP contribution in [0.3, 0.4) is 0 Å².